The second-order valence-corrected chi connectivity index (χ2v) is 17.9. The Morgan fingerprint density at radius 3 is 1.49 bits per heavy atom. The summed E-state index contributed by atoms with van der Waals surface area (Å²) in [4.78, 5) is 13.1. The Bertz CT molecular complexity index is 1040. The van der Waals surface area contributed by atoms with Gasteiger partial charge in [-0.2, -0.15) is 0 Å². The van der Waals surface area contributed by atoms with Crippen molar-refractivity contribution in [3.63, 3.8) is 0 Å². The molecule has 11 heteroatoms. The first-order valence-electron chi connectivity index (χ1n) is 25.2. The Labute approximate surface area is 372 Å². The van der Waals surface area contributed by atoms with E-state index in [9.17, 15) is 40.5 Å². The normalized spacial score (nSPS) is 21.6. The highest BCUT2D eigenvalue weighted by Crippen LogP contribution is 2.23. The number of aliphatic hydroxyl groups is 7. The third-order valence-electron chi connectivity index (χ3n) is 12.3. The highest BCUT2D eigenvalue weighted by Gasteiger charge is 2.44. The van der Waals surface area contributed by atoms with E-state index in [2.05, 4.69) is 43.5 Å². The van der Waals surface area contributed by atoms with Gasteiger partial charge in [-0.25, -0.2) is 0 Å². The molecular formula is C50H95NO10. The van der Waals surface area contributed by atoms with E-state index in [4.69, 9.17) is 9.47 Å². The van der Waals surface area contributed by atoms with Crippen molar-refractivity contribution in [1.82, 2.24) is 5.32 Å². The van der Waals surface area contributed by atoms with E-state index in [-0.39, 0.29) is 6.42 Å². The summed E-state index contributed by atoms with van der Waals surface area (Å²) in [6.45, 7) is 3.42. The van der Waals surface area contributed by atoms with Crippen LogP contribution < -0.4 is 5.32 Å². The second kappa shape index (κ2) is 40.1. The van der Waals surface area contributed by atoms with Crippen LogP contribution in [0.3, 0.4) is 0 Å². The number of allylic oxidation sites excluding steroid dienone is 4. The van der Waals surface area contributed by atoms with Crippen LogP contribution in [0.2, 0.25) is 0 Å². The zero-order valence-electron chi connectivity index (χ0n) is 38.9. The maximum Gasteiger partial charge on any atom is 0.249 e. The first kappa shape index (κ1) is 57.6. The lowest BCUT2D eigenvalue weighted by molar-refractivity contribution is -0.303. The van der Waals surface area contributed by atoms with Gasteiger partial charge in [0.15, 0.2) is 6.29 Å². The minimum atomic E-state index is -1.66. The maximum atomic E-state index is 13.1. The third kappa shape index (κ3) is 29.6. The van der Waals surface area contributed by atoms with Crippen LogP contribution in [0.25, 0.3) is 0 Å². The molecule has 9 unspecified atom stereocenters. The summed E-state index contributed by atoms with van der Waals surface area (Å²) < 4.78 is 11.1. The molecule has 1 fully saturated rings. The zero-order chi connectivity index (χ0) is 44.8. The average molecular weight is 870 g/mol. The van der Waals surface area contributed by atoms with Gasteiger partial charge in [0, 0.05) is 0 Å². The van der Waals surface area contributed by atoms with Crippen LogP contribution in [-0.4, -0.2) is 110 Å². The van der Waals surface area contributed by atoms with Gasteiger partial charge >= 0.3 is 0 Å². The summed E-state index contributed by atoms with van der Waals surface area (Å²) in [7, 11) is 0. The minimum absolute atomic E-state index is 0.249. The number of amides is 1. The smallest absolute Gasteiger partial charge is 0.249 e. The standard InChI is InChI=1S/C50H95NO10/c1-3-5-7-9-11-13-15-17-19-21-22-24-25-27-29-31-33-35-37-42(53)45(55)41(40-60-50-48(58)47(57)46(56)44(39-52)61-50)51-49(59)43(54)38-36-34-32-30-28-26-23-20-18-16-14-12-10-8-6-4-2/h12,14,18,20,41-48,50,52-58H,3-11,13,15-17,19,21-40H2,1-2H3,(H,51,59)/b14-12-,20-18-. The lowest BCUT2D eigenvalue weighted by Gasteiger charge is -2.40. The van der Waals surface area contributed by atoms with Crippen LogP contribution in [0.15, 0.2) is 24.3 Å². The summed E-state index contributed by atoms with van der Waals surface area (Å²) in [5, 5.41) is 75.9. The number of ether oxygens (including phenoxy) is 2. The van der Waals surface area contributed by atoms with Gasteiger partial charge in [0.25, 0.3) is 0 Å². The van der Waals surface area contributed by atoms with E-state index >= 15 is 0 Å². The molecule has 0 aliphatic carbocycles. The Hall–Kier alpha value is -1.41. The SMILES string of the molecule is CCCCC/C=C\C/C=C\CCCCCCCCC(O)C(=O)NC(COC1OC(CO)C(O)C(O)C1O)C(O)C(O)CCCCCCCCCCCCCCCCCCCC. The third-order valence-corrected chi connectivity index (χ3v) is 12.3. The van der Waals surface area contributed by atoms with Gasteiger partial charge in [0.2, 0.25) is 5.91 Å². The van der Waals surface area contributed by atoms with Crippen molar-refractivity contribution >= 4 is 5.91 Å². The predicted molar refractivity (Wildman–Crippen MR) is 247 cm³/mol. The van der Waals surface area contributed by atoms with E-state index in [1.807, 2.05) is 0 Å². The van der Waals surface area contributed by atoms with Crippen molar-refractivity contribution < 1.29 is 50.0 Å². The number of aliphatic hydroxyl groups excluding tert-OH is 7. The molecule has 0 radical (unpaired) electrons. The molecule has 0 aromatic rings. The maximum absolute atomic E-state index is 13.1. The van der Waals surface area contributed by atoms with E-state index < -0.39 is 74.2 Å². The molecule has 0 aromatic heterocycles. The topological polar surface area (TPSA) is 189 Å². The second-order valence-electron chi connectivity index (χ2n) is 17.9. The summed E-state index contributed by atoms with van der Waals surface area (Å²) in [6.07, 6.45) is 33.6. The van der Waals surface area contributed by atoms with E-state index in [0.717, 1.165) is 64.2 Å². The van der Waals surface area contributed by atoms with Crippen LogP contribution in [0.5, 0.6) is 0 Å². The van der Waals surface area contributed by atoms with Crippen molar-refractivity contribution in [3.8, 4) is 0 Å². The Kier molecular flexibility index (Phi) is 37.9. The largest absolute Gasteiger partial charge is 0.394 e. The van der Waals surface area contributed by atoms with Gasteiger partial charge in [0.1, 0.15) is 36.6 Å². The molecule has 0 bridgehead atoms. The van der Waals surface area contributed by atoms with Crippen molar-refractivity contribution in [1.29, 1.82) is 0 Å². The first-order chi connectivity index (χ1) is 29.7. The van der Waals surface area contributed by atoms with Gasteiger partial charge in [0.05, 0.1) is 25.4 Å². The fourth-order valence-corrected chi connectivity index (χ4v) is 8.06. The highest BCUT2D eigenvalue weighted by atomic mass is 16.7. The molecule has 0 aromatic carbocycles. The molecule has 9 atom stereocenters. The van der Waals surface area contributed by atoms with Gasteiger partial charge in [-0.1, -0.05) is 199 Å². The molecule has 1 aliphatic heterocycles. The molecular weight excluding hydrogens is 775 g/mol. The summed E-state index contributed by atoms with van der Waals surface area (Å²) in [5.74, 6) is -0.704. The van der Waals surface area contributed by atoms with Gasteiger partial charge in [-0.3, -0.25) is 4.79 Å². The number of rotatable bonds is 42. The molecule has 1 heterocycles. The Morgan fingerprint density at radius 2 is 1.00 bits per heavy atom. The lowest BCUT2D eigenvalue weighted by atomic mass is 9.98. The van der Waals surface area contributed by atoms with Gasteiger partial charge in [-0.15, -0.1) is 0 Å². The molecule has 1 aliphatic rings. The van der Waals surface area contributed by atoms with E-state index in [1.165, 1.54) is 116 Å². The predicted octanol–water partition coefficient (Wildman–Crippen LogP) is 9.01. The molecule has 8 N–H and O–H groups in total. The first-order valence-corrected chi connectivity index (χ1v) is 25.2. The number of carbonyl (C=O) groups is 1. The Balaban J connectivity index is 2.41. The van der Waals surface area contributed by atoms with Crippen molar-refractivity contribution in [2.24, 2.45) is 0 Å². The van der Waals surface area contributed by atoms with Gasteiger partial charge < -0.3 is 50.5 Å². The van der Waals surface area contributed by atoms with Crippen molar-refractivity contribution in [3.05, 3.63) is 24.3 Å². The van der Waals surface area contributed by atoms with Crippen molar-refractivity contribution in [2.45, 2.75) is 274 Å². The molecule has 0 saturated carbocycles. The van der Waals surface area contributed by atoms with E-state index in [1.54, 1.807) is 0 Å². The monoisotopic (exact) mass is 870 g/mol. The summed E-state index contributed by atoms with van der Waals surface area (Å²) in [6, 6.07) is -1.17. The molecule has 61 heavy (non-hydrogen) atoms. The minimum Gasteiger partial charge on any atom is -0.394 e. The lowest BCUT2D eigenvalue weighted by Crippen LogP contribution is -2.60. The van der Waals surface area contributed by atoms with Crippen LogP contribution in [0, 0.1) is 0 Å². The molecule has 1 rings (SSSR count). The Morgan fingerprint density at radius 1 is 0.574 bits per heavy atom. The van der Waals surface area contributed by atoms with Crippen LogP contribution >= 0.6 is 0 Å². The fourth-order valence-electron chi connectivity index (χ4n) is 8.06. The quantitative estimate of drug-likeness (QED) is 0.0217. The van der Waals surface area contributed by atoms with Crippen LogP contribution in [0.4, 0.5) is 0 Å². The average Bonchev–Trinajstić information content (AvgIpc) is 3.26. The summed E-state index contributed by atoms with van der Waals surface area (Å²) in [5.41, 5.74) is 0. The molecule has 0 spiro atoms. The molecule has 1 saturated heterocycles. The van der Waals surface area contributed by atoms with E-state index in [0.29, 0.717) is 19.3 Å². The summed E-state index contributed by atoms with van der Waals surface area (Å²) >= 11 is 0. The number of unbranched alkanes of at least 4 members (excludes halogenated alkanes) is 26. The number of hydrogen-bond donors (Lipinski definition) is 8. The molecule has 360 valence electrons. The van der Waals surface area contributed by atoms with Crippen LogP contribution in [-0.2, 0) is 14.3 Å². The zero-order valence-corrected chi connectivity index (χ0v) is 38.9. The highest BCUT2D eigenvalue weighted by molar-refractivity contribution is 5.80. The van der Waals surface area contributed by atoms with Gasteiger partial charge in [-0.05, 0) is 44.9 Å². The number of nitrogens with one attached hydrogen (secondary N) is 1. The number of hydrogen-bond acceptors (Lipinski definition) is 10. The molecule has 1 amide bonds. The number of carbonyl (C=O) groups excluding carboxylic acids is 1. The fraction of sp³-hybridized carbons (Fsp3) is 0.900. The molecule has 11 nitrogen and oxygen atoms in total. The van der Waals surface area contributed by atoms with Crippen molar-refractivity contribution in [2.75, 3.05) is 13.2 Å². The van der Waals surface area contributed by atoms with Crippen LogP contribution in [0.1, 0.15) is 219 Å².